The number of nitrogens with two attached hydrogens (primary N) is 1. The summed E-state index contributed by atoms with van der Waals surface area (Å²) in [6, 6.07) is -0.474. The minimum Gasteiger partial charge on any atom is -0.370 e. The first-order valence-electron chi connectivity index (χ1n) is 6.50. The van der Waals surface area contributed by atoms with Crippen LogP contribution >= 0.6 is 21.2 Å². The van der Waals surface area contributed by atoms with Gasteiger partial charge in [-0.15, -0.1) is 0 Å². The van der Waals surface area contributed by atoms with E-state index in [9.17, 15) is 9.59 Å². The summed E-state index contributed by atoms with van der Waals surface area (Å²) in [4.78, 5) is 23.3. The van der Waals surface area contributed by atoms with Crippen molar-refractivity contribution in [3.63, 3.8) is 0 Å². The maximum atomic E-state index is 12.4. The van der Waals surface area contributed by atoms with Gasteiger partial charge in [-0.2, -0.15) is 5.10 Å². The summed E-state index contributed by atoms with van der Waals surface area (Å²) < 4.78 is 0. The molecule has 8 heteroatoms. The van der Waals surface area contributed by atoms with Gasteiger partial charge in [0.15, 0.2) is 0 Å². The van der Waals surface area contributed by atoms with Crippen molar-refractivity contribution in [1.29, 1.82) is 0 Å². The molecule has 2 unspecified atom stereocenters. The fraction of sp³-hybridized carbons (Fsp3) is 0.750. The minimum atomic E-state index is -0.474. The van der Waals surface area contributed by atoms with Crippen LogP contribution in [0.5, 0.6) is 0 Å². The number of nitrogens with zero attached hydrogens (tertiary/aromatic N) is 2. The van der Waals surface area contributed by atoms with Crippen molar-refractivity contribution >= 4 is 38.0 Å². The third kappa shape index (κ3) is 4.43. The van der Waals surface area contributed by atoms with Crippen LogP contribution in [0.4, 0.5) is 0 Å². The molecule has 0 spiro atoms. The smallest absolute Gasteiger partial charge is 0.261 e. The van der Waals surface area contributed by atoms with E-state index in [-0.39, 0.29) is 23.1 Å². The first-order chi connectivity index (χ1) is 9.16. The SMILES string of the molecule is CC1SC(C(C)(C)C)=NN1C(=O)[C@H](CCC(N)=O)NP. The quantitative estimate of drug-likeness (QED) is 0.748. The number of hydrogen-bond acceptors (Lipinski definition) is 5. The summed E-state index contributed by atoms with van der Waals surface area (Å²) in [6.45, 7) is 8.15. The van der Waals surface area contributed by atoms with Gasteiger partial charge in [-0.25, -0.2) is 5.01 Å². The van der Waals surface area contributed by atoms with E-state index in [1.54, 1.807) is 11.8 Å². The molecule has 0 aliphatic carbocycles. The molecular formula is C12H23N4O2PS. The molecule has 3 atom stereocenters. The summed E-state index contributed by atoms with van der Waals surface area (Å²) in [6.07, 6.45) is 0.537. The molecule has 0 aromatic heterocycles. The molecular weight excluding hydrogens is 295 g/mol. The van der Waals surface area contributed by atoms with E-state index in [0.29, 0.717) is 6.42 Å². The number of primary amides is 1. The first-order valence-corrected chi connectivity index (χ1v) is 7.95. The van der Waals surface area contributed by atoms with Crippen molar-refractivity contribution < 1.29 is 9.59 Å². The number of rotatable bonds is 5. The van der Waals surface area contributed by atoms with Crippen molar-refractivity contribution in [1.82, 2.24) is 10.1 Å². The normalized spacial score (nSPS) is 20.8. The summed E-state index contributed by atoms with van der Waals surface area (Å²) in [5, 5.41) is 9.68. The third-order valence-electron chi connectivity index (χ3n) is 2.87. The first kappa shape index (κ1) is 17.4. The maximum absolute atomic E-state index is 12.4. The third-order valence-corrected chi connectivity index (χ3v) is 4.73. The Morgan fingerprint density at radius 1 is 1.55 bits per heavy atom. The van der Waals surface area contributed by atoms with Gasteiger partial charge in [-0.05, 0) is 13.3 Å². The molecule has 6 nitrogen and oxygen atoms in total. The molecule has 1 rings (SSSR count). The van der Waals surface area contributed by atoms with Crippen LogP contribution in [-0.2, 0) is 9.59 Å². The molecule has 3 N–H and O–H groups in total. The Morgan fingerprint density at radius 2 is 2.15 bits per heavy atom. The molecule has 2 amide bonds. The lowest BCUT2D eigenvalue weighted by molar-refractivity contribution is -0.133. The number of thioether (sulfide) groups is 1. The molecule has 1 aliphatic rings. The highest BCUT2D eigenvalue weighted by Gasteiger charge is 2.36. The summed E-state index contributed by atoms with van der Waals surface area (Å²) in [5.41, 5.74) is 5.05. The standard InChI is InChI=1S/C12H23N4O2PS/c1-7-16(14-11(20-7)12(2,3)4)10(18)8(15-19)5-6-9(13)17/h7-8,15H,5-6,19H2,1-4H3,(H2,13,17)/t7?,8-/m0/s1. The van der Waals surface area contributed by atoms with E-state index in [0.717, 1.165) is 5.04 Å². The Labute approximate surface area is 126 Å². The predicted molar refractivity (Wildman–Crippen MR) is 85.9 cm³/mol. The average molecular weight is 318 g/mol. The molecule has 0 bridgehead atoms. The topological polar surface area (TPSA) is 87.8 Å². The maximum Gasteiger partial charge on any atom is 0.261 e. The van der Waals surface area contributed by atoms with Gasteiger partial charge in [0, 0.05) is 11.8 Å². The number of nitrogens with one attached hydrogen (secondary N) is 1. The monoisotopic (exact) mass is 318 g/mol. The molecule has 1 heterocycles. The summed E-state index contributed by atoms with van der Waals surface area (Å²) >= 11 is 1.59. The van der Waals surface area contributed by atoms with Crippen LogP contribution in [0.15, 0.2) is 5.10 Å². The zero-order chi connectivity index (χ0) is 15.5. The highest BCUT2D eigenvalue weighted by molar-refractivity contribution is 8.14. The zero-order valence-corrected chi connectivity index (χ0v) is 14.3. The van der Waals surface area contributed by atoms with Crippen LogP contribution in [0.2, 0.25) is 0 Å². The van der Waals surface area contributed by atoms with Gasteiger partial charge in [-0.1, -0.05) is 41.9 Å². The van der Waals surface area contributed by atoms with Crippen molar-refractivity contribution in [2.45, 2.75) is 52.0 Å². The van der Waals surface area contributed by atoms with Crippen molar-refractivity contribution in [2.75, 3.05) is 0 Å². The molecule has 0 aromatic carbocycles. The molecule has 0 fully saturated rings. The van der Waals surface area contributed by atoms with Gasteiger partial charge < -0.3 is 5.73 Å². The second kappa shape index (κ2) is 6.87. The number of carbonyl (C=O) groups is 2. The lowest BCUT2D eigenvalue weighted by Crippen LogP contribution is -2.43. The predicted octanol–water partition coefficient (Wildman–Crippen LogP) is 1.28. The second-order valence-corrected chi connectivity index (χ2v) is 7.42. The molecule has 114 valence electrons. The van der Waals surface area contributed by atoms with Gasteiger partial charge >= 0.3 is 0 Å². The van der Waals surface area contributed by atoms with Crippen molar-refractivity contribution in [3.05, 3.63) is 0 Å². The largest absolute Gasteiger partial charge is 0.370 e. The Bertz CT molecular complexity index is 422. The fourth-order valence-electron chi connectivity index (χ4n) is 1.69. The van der Waals surface area contributed by atoms with Gasteiger partial charge in [0.1, 0.15) is 10.4 Å². The summed E-state index contributed by atoms with van der Waals surface area (Å²) in [5.74, 6) is -0.550. The number of hydrazone groups is 1. The van der Waals surface area contributed by atoms with Crippen molar-refractivity contribution in [2.24, 2.45) is 16.3 Å². The van der Waals surface area contributed by atoms with Crippen LogP contribution in [-0.4, -0.2) is 33.3 Å². The van der Waals surface area contributed by atoms with Gasteiger partial charge in [-0.3, -0.25) is 14.7 Å². The van der Waals surface area contributed by atoms with E-state index in [1.165, 1.54) is 5.01 Å². The molecule has 0 radical (unpaired) electrons. The molecule has 0 aromatic rings. The average Bonchev–Trinajstić information content (AvgIpc) is 2.71. The molecule has 0 saturated carbocycles. The lowest BCUT2D eigenvalue weighted by Gasteiger charge is -2.22. The highest BCUT2D eigenvalue weighted by Crippen LogP contribution is 2.35. The minimum absolute atomic E-state index is 0.0360. The number of carbonyl (C=O) groups excluding carboxylic acids is 2. The van der Waals surface area contributed by atoms with E-state index in [1.807, 2.05) is 6.92 Å². The molecule has 20 heavy (non-hydrogen) atoms. The van der Waals surface area contributed by atoms with E-state index in [4.69, 9.17) is 5.73 Å². The second-order valence-electron chi connectivity index (χ2n) is 5.78. The van der Waals surface area contributed by atoms with Crippen LogP contribution in [0.3, 0.4) is 0 Å². The Hall–Kier alpha value is -0.650. The lowest BCUT2D eigenvalue weighted by atomic mass is 9.99. The fourth-order valence-corrected chi connectivity index (χ4v) is 3.07. The van der Waals surface area contributed by atoms with Gasteiger partial charge in [0.25, 0.3) is 5.91 Å². The Kier molecular flexibility index (Phi) is 5.98. The zero-order valence-electron chi connectivity index (χ0n) is 12.3. The Balaban J connectivity index is 2.79. The molecule has 1 aliphatic heterocycles. The number of amides is 2. The van der Waals surface area contributed by atoms with Crippen LogP contribution in [0.25, 0.3) is 0 Å². The Morgan fingerprint density at radius 3 is 2.55 bits per heavy atom. The van der Waals surface area contributed by atoms with E-state index >= 15 is 0 Å². The molecule has 0 saturated heterocycles. The van der Waals surface area contributed by atoms with Gasteiger partial charge in [0.2, 0.25) is 5.91 Å². The van der Waals surface area contributed by atoms with Gasteiger partial charge in [0.05, 0.1) is 6.04 Å². The highest BCUT2D eigenvalue weighted by atomic mass is 32.2. The van der Waals surface area contributed by atoms with Crippen molar-refractivity contribution in [3.8, 4) is 0 Å². The van der Waals surface area contributed by atoms with Crippen LogP contribution in [0.1, 0.15) is 40.5 Å². The summed E-state index contributed by atoms with van der Waals surface area (Å²) in [7, 11) is 2.31. The van der Waals surface area contributed by atoms with Crippen LogP contribution < -0.4 is 10.8 Å². The number of hydrogen-bond donors (Lipinski definition) is 2. The van der Waals surface area contributed by atoms with E-state index in [2.05, 4.69) is 40.4 Å². The van der Waals surface area contributed by atoms with E-state index < -0.39 is 11.9 Å². The van der Waals surface area contributed by atoms with Crippen LogP contribution in [0, 0.1) is 5.41 Å².